The van der Waals surface area contributed by atoms with Gasteiger partial charge in [0.15, 0.2) is 11.5 Å². The molecule has 1 fully saturated rings. The number of ether oxygens (including phenoxy) is 2. The minimum Gasteiger partial charge on any atom is -0.493 e. The van der Waals surface area contributed by atoms with Gasteiger partial charge in [0.1, 0.15) is 12.2 Å². The van der Waals surface area contributed by atoms with Crippen molar-refractivity contribution in [3.05, 3.63) is 35.4 Å². The van der Waals surface area contributed by atoms with Gasteiger partial charge in [-0.2, -0.15) is 0 Å². The molecule has 116 valence electrons. The second-order valence-corrected chi connectivity index (χ2v) is 7.11. The quantitative estimate of drug-likeness (QED) is 0.798. The minimum absolute atomic E-state index is 0.0806. The van der Waals surface area contributed by atoms with Crippen LogP contribution in [0.2, 0.25) is 0 Å². The smallest absolute Gasteiger partial charge is 0.165 e. The molecule has 0 radical (unpaired) electrons. The topological polar surface area (TPSA) is 41.9 Å². The maximum absolute atomic E-state index is 10.6. The fourth-order valence-electron chi connectivity index (χ4n) is 5.39. The number of likely N-dealkylation sites (N-methyl/N-ethyl adjacent to an activating group) is 1. The number of nitrogens with zero attached hydrogens (tertiary/aromatic N) is 1. The molecular formula is C18H21NO3. The number of aliphatic hydroxyl groups is 1. The summed E-state index contributed by atoms with van der Waals surface area (Å²) >= 11 is 0. The molecule has 1 spiro atoms. The molecule has 1 saturated heterocycles. The number of likely N-dealkylation sites (tertiary alicyclic amines) is 1. The van der Waals surface area contributed by atoms with Crippen LogP contribution in [0.3, 0.4) is 0 Å². The molecule has 4 nitrogen and oxygen atoms in total. The van der Waals surface area contributed by atoms with Gasteiger partial charge in [-0.15, -0.1) is 0 Å². The summed E-state index contributed by atoms with van der Waals surface area (Å²) in [5.41, 5.74) is 2.60. The van der Waals surface area contributed by atoms with Crippen LogP contribution >= 0.6 is 0 Å². The van der Waals surface area contributed by atoms with Gasteiger partial charge >= 0.3 is 0 Å². The second-order valence-electron chi connectivity index (χ2n) is 7.11. The van der Waals surface area contributed by atoms with Gasteiger partial charge in [0, 0.05) is 22.9 Å². The molecule has 4 aliphatic rings. The first-order chi connectivity index (χ1) is 10.7. The Morgan fingerprint density at radius 1 is 1.36 bits per heavy atom. The van der Waals surface area contributed by atoms with Crippen LogP contribution in [0.15, 0.2) is 24.3 Å². The molecular weight excluding hydrogens is 278 g/mol. The van der Waals surface area contributed by atoms with E-state index in [1.54, 1.807) is 7.11 Å². The lowest BCUT2D eigenvalue weighted by atomic mass is 9.53. The predicted octanol–water partition coefficient (Wildman–Crippen LogP) is 1.50. The molecule has 2 bridgehead atoms. The normalized spacial score (nSPS) is 41.0. The highest BCUT2D eigenvalue weighted by Gasteiger charge is 2.64. The van der Waals surface area contributed by atoms with Gasteiger partial charge in [-0.05, 0) is 38.1 Å². The molecule has 2 heterocycles. The molecule has 2 aliphatic carbocycles. The van der Waals surface area contributed by atoms with Crippen molar-refractivity contribution in [1.82, 2.24) is 4.90 Å². The first-order valence-corrected chi connectivity index (χ1v) is 8.10. The van der Waals surface area contributed by atoms with Crippen LogP contribution in [0.25, 0.3) is 0 Å². The van der Waals surface area contributed by atoms with E-state index in [0.717, 1.165) is 30.9 Å². The van der Waals surface area contributed by atoms with E-state index in [1.807, 2.05) is 12.1 Å². The van der Waals surface area contributed by atoms with E-state index >= 15 is 0 Å². The molecule has 4 unspecified atom stereocenters. The summed E-state index contributed by atoms with van der Waals surface area (Å²) in [5.74, 6) is 2.09. The Morgan fingerprint density at radius 2 is 2.23 bits per heavy atom. The van der Waals surface area contributed by atoms with Gasteiger partial charge in [-0.25, -0.2) is 0 Å². The van der Waals surface area contributed by atoms with E-state index in [0.29, 0.717) is 12.0 Å². The molecule has 1 N–H and O–H groups in total. The molecule has 1 aromatic carbocycles. The summed E-state index contributed by atoms with van der Waals surface area (Å²) in [6, 6.07) is 4.70. The molecule has 1 aromatic rings. The van der Waals surface area contributed by atoms with E-state index in [2.05, 4.69) is 24.1 Å². The third-order valence-electron chi connectivity index (χ3n) is 6.35. The molecule has 2 aliphatic heterocycles. The minimum atomic E-state index is -0.539. The first kappa shape index (κ1) is 13.0. The number of benzene rings is 1. The van der Waals surface area contributed by atoms with Gasteiger partial charge in [0.25, 0.3) is 0 Å². The van der Waals surface area contributed by atoms with Crippen molar-refractivity contribution in [2.24, 2.45) is 5.92 Å². The molecule has 4 heteroatoms. The lowest BCUT2D eigenvalue weighted by Crippen LogP contribution is -2.64. The van der Waals surface area contributed by atoms with E-state index in [9.17, 15) is 5.11 Å². The maximum Gasteiger partial charge on any atom is 0.165 e. The molecule has 5 atom stereocenters. The van der Waals surface area contributed by atoms with Gasteiger partial charge in [-0.3, -0.25) is 0 Å². The van der Waals surface area contributed by atoms with Crippen molar-refractivity contribution in [1.29, 1.82) is 0 Å². The van der Waals surface area contributed by atoms with Crippen LogP contribution in [-0.4, -0.2) is 49.0 Å². The summed E-state index contributed by atoms with van der Waals surface area (Å²) < 4.78 is 11.8. The van der Waals surface area contributed by atoms with E-state index in [1.165, 1.54) is 11.1 Å². The van der Waals surface area contributed by atoms with Crippen molar-refractivity contribution >= 4 is 0 Å². The summed E-state index contributed by atoms with van der Waals surface area (Å²) in [7, 11) is 3.91. The molecule has 0 saturated carbocycles. The van der Waals surface area contributed by atoms with E-state index < -0.39 is 6.10 Å². The highest BCUT2D eigenvalue weighted by atomic mass is 16.5. The van der Waals surface area contributed by atoms with Crippen LogP contribution in [0, 0.1) is 5.92 Å². The van der Waals surface area contributed by atoms with Gasteiger partial charge < -0.3 is 19.5 Å². The van der Waals surface area contributed by atoms with Crippen molar-refractivity contribution in [3.63, 3.8) is 0 Å². The van der Waals surface area contributed by atoms with Gasteiger partial charge in [0.05, 0.1) is 7.11 Å². The maximum atomic E-state index is 10.6. The average Bonchev–Trinajstić information content (AvgIpc) is 2.88. The Kier molecular flexibility index (Phi) is 2.39. The molecule has 5 rings (SSSR count). The Morgan fingerprint density at radius 3 is 3.05 bits per heavy atom. The standard InChI is InChI=1S/C18H21NO3/c1-19-8-7-18-11-4-5-13(20)17(18)22-16-14(21-2)6-3-10(15(16)18)9-12(11)19/h3-6,11-13,17,20H,7-9H2,1-2H3/t11?,12?,13?,17?,18-/m0/s1. The Hall–Kier alpha value is -1.52. The second kappa shape index (κ2) is 4.06. The number of hydrogen-bond donors (Lipinski definition) is 1. The SMILES string of the molecule is COc1ccc2c3c1OC1C(O)C=CC4C(C2)N(C)CC[C@@]341. The number of piperidine rings is 1. The number of aliphatic hydroxyl groups excluding tert-OH is 1. The van der Waals surface area contributed by atoms with Crippen LogP contribution in [0.5, 0.6) is 11.5 Å². The summed E-state index contributed by atoms with van der Waals surface area (Å²) in [6.45, 7) is 1.05. The lowest BCUT2D eigenvalue weighted by Gasteiger charge is -2.56. The number of rotatable bonds is 1. The highest BCUT2D eigenvalue weighted by Crippen LogP contribution is 2.62. The highest BCUT2D eigenvalue weighted by molar-refractivity contribution is 5.62. The van der Waals surface area contributed by atoms with Crippen LogP contribution in [0.4, 0.5) is 0 Å². The van der Waals surface area contributed by atoms with Crippen LogP contribution in [-0.2, 0) is 11.8 Å². The summed E-state index contributed by atoms with van der Waals surface area (Å²) in [4.78, 5) is 2.47. The zero-order chi connectivity index (χ0) is 15.1. The third kappa shape index (κ3) is 1.28. The zero-order valence-corrected chi connectivity index (χ0v) is 13.0. The summed E-state index contributed by atoms with van der Waals surface area (Å²) in [6.07, 6.45) is 5.54. The van der Waals surface area contributed by atoms with Gasteiger partial charge in [-0.1, -0.05) is 18.2 Å². The summed E-state index contributed by atoms with van der Waals surface area (Å²) in [5, 5.41) is 10.6. The number of methoxy groups -OCH3 is 1. The largest absolute Gasteiger partial charge is 0.493 e. The molecule has 0 aromatic heterocycles. The predicted molar refractivity (Wildman–Crippen MR) is 82.5 cm³/mol. The zero-order valence-electron chi connectivity index (χ0n) is 13.0. The fourth-order valence-corrected chi connectivity index (χ4v) is 5.39. The number of hydrogen-bond acceptors (Lipinski definition) is 4. The lowest BCUT2D eigenvalue weighted by molar-refractivity contribution is -0.0453. The van der Waals surface area contributed by atoms with E-state index in [4.69, 9.17) is 9.47 Å². The third-order valence-corrected chi connectivity index (χ3v) is 6.35. The Balaban J connectivity index is 1.82. The first-order valence-electron chi connectivity index (χ1n) is 8.10. The van der Waals surface area contributed by atoms with Crippen molar-refractivity contribution < 1.29 is 14.6 Å². The molecule has 22 heavy (non-hydrogen) atoms. The Labute approximate surface area is 130 Å². The van der Waals surface area contributed by atoms with Crippen LogP contribution < -0.4 is 9.47 Å². The fraction of sp³-hybridized carbons (Fsp3) is 0.556. The van der Waals surface area contributed by atoms with E-state index in [-0.39, 0.29) is 11.5 Å². The monoisotopic (exact) mass is 299 g/mol. The van der Waals surface area contributed by atoms with Crippen molar-refractivity contribution in [2.45, 2.75) is 36.5 Å². The van der Waals surface area contributed by atoms with Crippen molar-refractivity contribution in [3.8, 4) is 11.5 Å². The van der Waals surface area contributed by atoms with Crippen molar-refractivity contribution in [2.75, 3.05) is 20.7 Å². The van der Waals surface area contributed by atoms with Gasteiger partial charge in [0.2, 0.25) is 0 Å². The molecule has 0 amide bonds. The van der Waals surface area contributed by atoms with Crippen LogP contribution in [0.1, 0.15) is 17.5 Å². The Bertz CT molecular complexity index is 685. The average molecular weight is 299 g/mol.